The lowest BCUT2D eigenvalue weighted by Gasteiger charge is -2.18. The van der Waals surface area contributed by atoms with Gasteiger partial charge in [-0.05, 0) is 24.3 Å². The van der Waals surface area contributed by atoms with E-state index in [4.69, 9.17) is 11.6 Å². The fourth-order valence-corrected chi connectivity index (χ4v) is 2.19. The average Bonchev–Trinajstić information content (AvgIpc) is 2.74. The lowest BCUT2D eigenvalue weighted by molar-refractivity contribution is -0.253. The molecule has 1 unspecified atom stereocenters. The van der Waals surface area contributed by atoms with Crippen molar-refractivity contribution in [3.63, 3.8) is 0 Å². The highest BCUT2D eigenvalue weighted by atomic mass is 35.5. The van der Waals surface area contributed by atoms with E-state index >= 15 is 0 Å². The summed E-state index contributed by atoms with van der Waals surface area (Å²) in [5.74, 6) is -2.12. The first-order chi connectivity index (χ1) is 10.3. The molecule has 9 heteroatoms. The maximum Gasteiger partial charge on any atom is 0.461 e. The summed E-state index contributed by atoms with van der Waals surface area (Å²) in [6.07, 6.45) is -8.63. The van der Waals surface area contributed by atoms with Crippen molar-refractivity contribution in [1.82, 2.24) is 0 Å². The third-order valence-corrected chi connectivity index (χ3v) is 3.40. The first-order valence-corrected chi connectivity index (χ1v) is 6.67. The second-order valence-electron chi connectivity index (χ2n) is 4.58. The van der Waals surface area contributed by atoms with E-state index in [1.807, 2.05) is 0 Å². The standard InChI is InChI=1S/C13H10ClF4NO3/c14-6-7-5-10(20)19(11(7)21)8-1-3-9(4-2-8)22-13(17,18)12(15)16/h1-4,7,12H,5-6H2. The molecule has 0 aliphatic carbocycles. The minimum Gasteiger partial charge on any atom is -0.428 e. The molecule has 22 heavy (non-hydrogen) atoms. The minimum atomic E-state index is -4.62. The Kier molecular flexibility index (Phi) is 4.60. The third-order valence-electron chi connectivity index (χ3n) is 3.03. The van der Waals surface area contributed by atoms with Crippen LogP contribution in [0, 0.1) is 5.92 Å². The number of amides is 2. The summed E-state index contributed by atoms with van der Waals surface area (Å²) in [5, 5.41) is 0. The van der Waals surface area contributed by atoms with E-state index in [-0.39, 0.29) is 18.0 Å². The molecule has 0 aromatic heterocycles. The van der Waals surface area contributed by atoms with Crippen molar-refractivity contribution in [1.29, 1.82) is 0 Å². The molecule has 1 fully saturated rings. The molecule has 1 aromatic carbocycles. The number of imide groups is 1. The van der Waals surface area contributed by atoms with Crippen LogP contribution >= 0.6 is 11.6 Å². The fraction of sp³-hybridized carbons (Fsp3) is 0.385. The van der Waals surface area contributed by atoms with Crippen LogP contribution in [-0.4, -0.2) is 30.2 Å². The van der Waals surface area contributed by atoms with Gasteiger partial charge < -0.3 is 4.74 Å². The number of hydrogen-bond acceptors (Lipinski definition) is 3. The Morgan fingerprint density at radius 1 is 1.27 bits per heavy atom. The number of benzene rings is 1. The van der Waals surface area contributed by atoms with Crippen LogP contribution in [0.1, 0.15) is 6.42 Å². The van der Waals surface area contributed by atoms with Crippen molar-refractivity contribution in [3.05, 3.63) is 24.3 Å². The fourth-order valence-electron chi connectivity index (χ4n) is 1.95. The Morgan fingerprint density at radius 3 is 2.32 bits per heavy atom. The van der Waals surface area contributed by atoms with Crippen LogP contribution in [0.3, 0.4) is 0 Å². The van der Waals surface area contributed by atoms with Gasteiger partial charge in [0.15, 0.2) is 0 Å². The minimum absolute atomic E-state index is 0.0110. The summed E-state index contributed by atoms with van der Waals surface area (Å²) in [7, 11) is 0. The molecule has 1 aliphatic rings. The summed E-state index contributed by atoms with van der Waals surface area (Å²) in [6, 6.07) is 4.26. The summed E-state index contributed by atoms with van der Waals surface area (Å²) < 4.78 is 53.4. The van der Waals surface area contributed by atoms with Gasteiger partial charge in [0, 0.05) is 12.3 Å². The molecule has 120 valence electrons. The molecular weight excluding hydrogens is 330 g/mol. The van der Waals surface area contributed by atoms with Crippen LogP contribution in [0.2, 0.25) is 0 Å². The van der Waals surface area contributed by atoms with Gasteiger partial charge in [-0.1, -0.05) is 0 Å². The number of hydrogen-bond donors (Lipinski definition) is 0. The summed E-state index contributed by atoms with van der Waals surface area (Å²) in [6.45, 7) is 0. The Balaban J connectivity index is 2.16. The van der Waals surface area contributed by atoms with E-state index in [1.165, 1.54) is 0 Å². The predicted molar refractivity (Wildman–Crippen MR) is 69.3 cm³/mol. The molecular formula is C13H10ClF4NO3. The van der Waals surface area contributed by atoms with Crippen LogP contribution in [0.5, 0.6) is 5.75 Å². The van der Waals surface area contributed by atoms with Gasteiger partial charge in [-0.2, -0.15) is 17.6 Å². The molecule has 1 aliphatic heterocycles. The Labute approximate surface area is 127 Å². The van der Waals surface area contributed by atoms with Crippen molar-refractivity contribution in [3.8, 4) is 5.75 Å². The van der Waals surface area contributed by atoms with E-state index in [0.29, 0.717) is 0 Å². The molecule has 0 saturated carbocycles. The van der Waals surface area contributed by atoms with Crippen molar-refractivity contribution in [2.75, 3.05) is 10.8 Å². The zero-order chi connectivity index (χ0) is 16.5. The third kappa shape index (κ3) is 3.16. The highest BCUT2D eigenvalue weighted by Crippen LogP contribution is 2.31. The van der Waals surface area contributed by atoms with Crippen molar-refractivity contribution < 1.29 is 31.9 Å². The number of anilines is 1. The maximum absolute atomic E-state index is 12.7. The number of alkyl halides is 5. The zero-order valence-corrected chi connectivity index (χ0v) is 11.7. The first kappa shape index (κ1) is 16.5. The van der Waals surface area contributed by atoms with Gasteiger partial charge in [-0.3, -0.25) is 14.5 Å². The molecule has 0 radical (unpaired) electrons. The summed E-state index contributed by atoms with van der Waals surface area (Å²) >= 11 is 5.57. The van der Waals surface area contributed by atoms with Crippen LogP contribution in [-0.2, 0) is 9.59 Å². The number of ether oxygens (including phenoxy) is 1. The van der Waals surface area contributed by atoms with Gasteiger partial charge >= 0.3 is 12.5 Å². The van der Waals surface area contributed by atoms with E-state index < -0.39 is 36.0 Å². The van der Waals surface area contributed by atoms with Crippen LogP contribution < -0.4 is 9.64 Å². The largest absolute Gasteiger partial charge is 0.461 e. The number of nitrogens with zero attached hydrogens (tertiary/aromatic N) is 1. The normalized spacial score (nSPS) is 19.2. The van der Waals surface area contributed by atoms with Gasteiger partial charge in [0.25, 0.3) is 0 Å². The predicted octanol–water partition coefficient (Wildman–Crippen LogP) is 3.04. The lowest BCUT2D eigenvalue weighted by Crippen LogP contribution is -2.33. The maximum atomic E-state index is 12.7. The second kappa shape index (κ2) is 6.12. The highest BCUT2D eigenvalue weighted by molar-refractivity contribution is 6.25. The van der Waals surface area contributed by atoms with Gasteiger partial charge in [0.2, 0.25) is 11.8 Å². The van der Waals surface area contributed by atoms with E-state index in [0.717, 1.165) is 29.2 Å². The van der Waals surface area contributed by atoms with Crippen molar-refractivity contribution >= 4 is 29.1 Å². The van der Waals surface area contributed by atoms with Gasteiger partial charge in [0.05, 0.1) is 11.6 Å². The monoisotopic (exact) mass is 339 g/mol. The molecule has 2 amide bonds. The second-order valence-corrected chi connectivity index (χ2v) is 4.89. The summed E-state index contributed by atoms with van der Waals surface area (Å²) in [4.78, 5) is 24.6. The number of carbonyl (C=O) groups is 2. The lowest BCUT2D eigenvalue weighted by atomic mass is 10.1. The molecule has 0 spiro atoms. The SMILES string of the molecule is O=C1CC(CCl)C(=O)N1c1ccc(OC(F)(F)C(F)F)cc1. The Hall–Kier alpha value is -1.83. The van der Waals surface area contributed by atoms with Crippen LogP contribution in [0.4, 0.5) is 23.2 Å². The van der Waals surface area contributed by atoms with Crippen LogP contribution in [0.15, 0.2) is 24.3 Å². The number of carbonyl (C=O) groups excluding carboxylic acids is 2. The smallest absolute Gasteiger partial charge is 0.428 e. The topological polar surface area (TPSA) is 46.6 Å². The first-order valence-electron chi connectivity index (χ1n) is 6.14. The molecule has 1 aromatic rings. The molecule has 0 bridgehead atoms. The quantitative estimate of drug-likeness (QED) is 0.470. The molecule has 1 heterocycles. The molecule has 0 N–H and O–H groups in total. The Morgan fingerprint density at radius 2 is 1.86 bits per heavy atom. The molecule has 4 nitrogen and oxygen atoms in total. The molecule has 1 atom stereocenters. The summed E-state index contributed by atoms with van der Waals surface area (Å²) in [5.41, 5.74) is 0.135. The van der Waals surface area contributed by atoms with E-state index in [2.05, 4.69) is 4.74 Å². The van der Waals surface area contributed by atoms with Gasteiger partial charge in [0.1, 0.15) is 5.75 Å². The molecule has 1 saturated heterocycles. The van der Waals surface area contributed by atoms with Crippen molar-refractivity contribution in [2.24, 2.45) is 5.92 Å². The molecule has 2 rings (SSSR count). The van der Waals surface area contributed by atoms with E-state index in [1.54, 1.807) is 0 Å². The average molecular weight is 340 g/mol. The van der Waals surface area contributed by atoms with Gasteiger partial charge in [-0.15, -0.1) is 11.6 Å². The zero-order valence-electron chi connectivity index (χ0n) is 10.9. The van der Waals surface area contributed by atoms with Crippen LogP contribution in [0.25, 0.3) is 0 Å². The van der Waals surface area contributed by atoms with E-state index in [9.17, 15) is 27.2 Å². The van der Waals surface area contributed by atoms with Crippen molar-refractivity contribution in [2.45, 2.75) is 19.0 Å². The highest BCUT2D eigenvalue weighted by Gasteiger charge is 2.44. The number of rotatable bonds is 5. The Bertz CT molecular complexity index is 579. The number of halogens is 5. The van der Waals surface area contributed by atoms with Gasteiger partial charge in [-0.25, -0.2) is 0 Å².